The summed E-state index contributed by atoms with van der Waals surface area (Å²) >= 11 is 1.73. The molecule has 1 aromatic carbocycles. The highest BCUT2D eigenvalue weighted by molar-refractivity contribution is 7.09. The molecule has 0 aliphatic carbocycles. The van der Waals surface area contributed by atoms with E-state index in [9.17, 15) is 4.79 Å². The minimum absolute atomic E-state index is 0.0523. The van der Waals surface area contributed by atoms with Crippen molar-refractivity contribution < 1.29 is 4.79 Å². The van der Waals surface area contributed by atoms with E-state index in [0.717, 1.165) is 18.8 Å². The molecular weight excluding hydrogens is 304 g/mol. The number of carbonyl (C=O) groups is 1. The van der Waals surface area contributed by atoms with Crippen molar-refractivity contribution in [3.63, 3.8) is 0 Å². The van der Waals surface area contributed by atoms with Gasteiger partial charge in [-0.1, -0.05) is 45.0 Å². The highest BCUT2D eigenvalue weighted by atomic mass is 32.1. The molecule has 124 valence electrons. The Morgan fingerprint density at radius 2 is 1.91 bits per heavy atom. The number of para-hydroxylation sites is 1. The first kappa shape index (κ1) is 17.7. The molecule has 1 atom stereocenters. The summed E-state index contributed by atoms with van der Waals surface area (Å²) in [5.41, 5.74) is 2.10. The van der Waals surface area contributed by atoms with Crippen molar-refractivity contribution in [3.05, 3.63) is 52.2 Å². The van der Waals surface area contributed by atoms with Crippen LogP contribution in [-0.2, 0) is 11.3 Å². The Bertz CT molecular complexity index is 622. The van der Waals surface area contributed by atoms with Crippen LogP contribution < -0.4 is 5.32 Å². The van der Waals surface area contributed by atoms with Gasteiger partial charge in [0.2, 0.25) is 5.91 Å². The van der Waals surface area contributed by atoms with E-state index in [1.54, 1.807) is 11.3 Å². The molecule has 23 heavy (non-hydrogen) atoms. The number of rotatable bonds is 7. The minimum Gasteiger partial charge on any atom is -0.324 e. The first-order valence-electron chi connectivity index (χ1n) is 8.19. The van der Waals surface area contributed by atoms with Gasteiger partial charge in [0.15, 0.2) is 0 Å². The Labute approximate surface area is 143 Å². The van der Waals surface area contributed by atoms with Crippen molar-refractivity contribution in [2.75, 3.05) is 11.9 Å². The maximum atomic E-state index is 12.7. The predicted octanol–water partition coefficient (Wildman–Crippen LogP) is 4.72. The number of nitrogens with one attached hydrogen (secondary N) is 1. The predicted molar refractivity (Wildman–Crippen MR) is 99.0 cm³/mol. The number of benzene rings is 1. The molecular formula is C19H26N2OS. The van der Waals surface area contributed by atoms with Crippen LogP contribution >= 0.6 is 11.3 Å². The molecule has 0 saturated heterocycles. The molecule has 1 heterocycles. The maximum absolute atomic E-state index is 12.7. The molecule has 3 nitrogen and oxygen atoms in total. The van der Waals surface area contributed by atoms with Gasteiger partial charge >= 0.3 is 0 Å². The molecule has 1 aromatic heterocycles. The van der Waals surface area contributed by atoms with E-state index in [4.69, 9.17) is 0 Å². The van der Waals surface area contributed by atoms with Crippen molar-refractivity contribution in [2.45, 2.75) is 46.2 Å². The molecule has 1 N–H and O–H groups in total. The van der Waals surface area contributed by atoms with E-state index in [1.807, 2.05) is 25.1 Å². The molecule has 0 radical (unpaired) electrons. The van der Waals surface area contributed by atoms with Gasteiger partial charge in [0.1, 0.15) is 0 Å². The Kier molecular flexibility index (Phi) is 6.37. The van der Waals surface area contributed by atoms with Gasteiger partial charge in [-0.15, -0.1) is 11.3 Å². The molecule has 1 unspecified atom stereocenters. The number of nitrogens with zero attached hydrogens (tertiary/aromatic N) is 1. The lowest BCUT2D eigenvalue weighted by molar-refractivity contribution is -0.120. The van der Waals surface area contributed by atoms with Crippen LogP contribution in [-0.4, -0.2) is 23.4 Å². The van der Waals surface area contributed by atoms with Crippen molar-refractivity contribution in [1.82, 2.24) is 4.90 Å². The third-order valence-electron chi connectivity index (χ3n) is 4.11. The summed E-state index contributed by atoms with van der Waals surface area (Å²) < 4.78 is 0. The van der Waals surface area contributed by atoms with Crippen LogP contribution in [0.3, 0.4) is 0 Å². The number of anilines is 1. The Balaban J connectivity index is 2.07. The number of carbonyl (C=O) groups excluding carboxylic acids is 1. The molecule has 2 aromatic rings. The largest absolute Gasteiger partial charge is 0.324 e. The molecule has 0 bridgehead atoms. The summed E-state index contributed by atoms with van der Waals surface area (Å²) in [6.45, 7) is 10.0. The zero-order valence-electron chi connectivity index (χ0n) is 14.4. The number of likely N-dealkylation sites (N-methyl/N-ethyl adjacent to an activating group) is 1. The quantitative estimate of drug-likeness (QED) is 0.796. The SMILES string of the molecule is CCN(Cc1cccs1)C(C)C(=O)Nc1ccccc1C(C)C. The van der Waals surface area contributed by atoms with E-state index in [2.05, 4.69) is 54.6 Å². The Morgan fingerprint density at radius 1 is 1.17 bits per heavy atom. The fraction of sp³-hybridized carbons (Fsp3) is 0.421. The van der Waals surface area contributed by atoms with Gasteiger partial charge in [-0.25, -0.2) is 0 Å². The van der Waals surface area contributed by atoms with Crippen LogP contribution in [0.2, 0.25) is 0 Å². The summed E-state index contributed by atoms with van der Waals surface area (Å²) in [7, 11) is 0. The van der Waals surface area contributed by atoms with Crippen LogP contribution in [0.1, 0.15) is 44.1 Å². The van der Waals surface area contributed by atoms with E-state index in [1.165, 1.54) is 10.4 Å². The van der Waals surface area contributed by atoms with Crippen LogP contribution in [0.5, 0.6) is 0 Å². The van der Waals surface area contributed by atoms with Gasteiger partial charge in [-0.2, -0.15) is 0 Å². The zero-order valence-corrected chi connectivity index (χ0v) is 15.2. The topological polar surface area (TPSA) is 32.3 Å². The van der Waals surface area contributed by atoms with Crippen LogP contribution in [0.4, 0.5) is 5.69 Å². The second-order valence-electron chi connectivity index (χ2n) is 6.05. The highest BCUT2D eigenvalue weighted by Crippen LogP contribution is 2.24. The number of amides is 1. The van der Waals surface area contributed by atoms with Gasteiger partial charge in [0, 0.05) is 17.1 Å². The number of hydrogen-bond donors (Lipinski definition) is 1. The summed E-state index contributed by atoms with van der Waals surface area (Å²) in [5.74, 6) is 0.437. The lowest BCUT2D eigenvalue weighted by Crippen LogP contribution is -2.41. The maximum Gasteiger partial charge on any atom is 0.241 e. The van der Waals surface area contributed by atoms with Gasteiger partial charge in [-0.3, -0.25) is 9.69 Å². The molecule has 2 rings (SSSR count). The van der Waals surface area contributed by atoms with Gasteiger partial charge in [-0.05, 0) is 42.5 Å². The van der Waals surface area contributed by atoms with Gasteiger partial charge < -0.3 is 5.32 Å². The molecule has 1 amide bonds. The third kappa shape index (κ3) is 4.66. The summed E-state index contributed by atoms with van der Waals surface area (Å²) in [6, 6.07) is 12.0. The first-order valence-corrected chi connectivity index (χ1v) is 9.07. The number of hydrogen-bond acceptors (Lipinski definition) is 3. The van der Waals surface area contributed by atoms with Gasteiger partial charge in [0.25, 0.3) is 0 Å². The summed E-state index contributed by atoms with van der Waals surface area (Å²) in [6.07, 6.45) is 0. The van der Waals surface area contributed by atoms with Crippen molar-refractivity contribution in [2.24, 2.45) is 0 Å². The third-order valence-corrected chi connectivity index (χ3v) is 4.97. The molecule has 0 fully saturated rings. The fourth-order valence-electron chi connectivity index (χ4n) is 2.64. The second kappa shape index (κ2) is 8.27. The zero-order chi connectivity index (χ0) is 16.8. The standard InChI is InChI=1S/C19H26N2OS/c1-5-21(13-16-9-8-12-23-16)15(4)19(22)20-18-11-7-6-10-17(18)14(2)3/h6-12,14-15H,5,13H2,1-4H3,(H,20,22). The van der Waals surface area contributed by atoms with E-state index in [-0.39, 0.29) is 11.9 Å². The average molecular weight is 330 g/mol. The van der Waals surface area contributed by atoms with Gasteiger partial charge in [0.05, 0.1) is 6.04 Å². The van der Waals surface area contributed by atoms with Crippen molar-refractivity contribution in [1.29, 1.82) is 0 Å². The Morgan fingerprint density at radius 3 is 2.52 bits per heavy atom. The molecule has 0 aliphatic heterocycles. The monoisotopic (exact) mass is 330 g/mol. The molecule has 0 aliphatic rings. The lowest BCUT2D eigenvalue weighted by Gasteiger charge is -2.27. The van der Waals surface area contributed by atoms with Crippen LogP contribution in [0.25, 0.3) is 0 Å². The first-order chi connectivity index (χ1) is 11.0. The van der Waals surface area contributed by atoms with Crippen molar-refractivity contribution in [3.8, 4) is 0 Å². The molecule has 4 heteroatoms. The van der Waals surface area contributed by atoms with E-state index < -0.39 is 0 Å². The highest BCUT2D eigenvalue weighted by Gasteiger charge is 2.21. The summed E-state index contributed by atoms with van der Waals surface area (Å²) in [5, 5.41) is 5.19. The van der Waals surface area contributed by atoms with Crippen molar-refractivity contribution >= 4 is 22.9 Å². The number of thiophene rings is 1. The van der Waals surface area contributed by atoms with E-state index in [0.29, 0.717) is 5.92 Å². The fourth-order valence-corrected chi connectivity index (χ4v) is 3.37. The van der Waals surface area contributed by atoms with Crippen LogP contribution in [0, 0.1) is 0 Å². The van der Waals surface area contributed by atoms with E-state index >= 15 is 0 Å². The second-order valence-corrected chi connectivity index (χ2v) is 7.08. The normalized spacial score (nSPS) is 12.6. The average Bonchev–Trinajstić information content (AvgIpc) is 3.05. The van der Waals surface area contributed by atoms with Crippen LogP contribution in [0.15, 0.2) is 41.8 Å². The lowest BCUT2D eigenvalue weighted by atomic mass is 10.0. The Hall–Kier alpha value is -1.65. The molecule has 0 saturated carbocycles. The smallest absolute Gasteiger partial charge is 0.241 e. The summed E-state index contributed by atoms with van der Waals surface area (Å²) in [4.78, 5) is 16.1. The molecule has 0 spiro atoms. The minimum atomic E-state index is -0.165.